The number of carbonyl (C=O) groups is 1. The third kappa shape index (κ3) is 4.37. The van der Waals surface area contributed by atoms with Crippen LogP contribution in [0.1, 0.15) is 54.9 Å². The standard InChI is InChI=1S/C23H29FN6O2/c1-4-28-15-18(16(2)25-28)14-27(3)22(31)20-10-5-6-11-21-26-29(23(32)30(20)21)13-17-8-7-9-19(24)12-17/h7-9,12,15,20H,4-6,10-11,13-14H2,1-3H3. The van der Waals surface area contributed by atoms with E-state index in [9.17, 15) is 14.0 Å². The number of benzene rings is 1. The van der Waals surface area contributed by atoms with Crippen molar-refractivity contribution in [3.8, 4) is 0 Å². The molecular weight excluding hydrogens is 411 g/mol. The van der Waals surface area contributed by atoms with Crippen LogP contribution in [0.2, 0.25) is 0 Å². The Balaban J connectivity index is 1.60. The van der Waals surface area contributed by atoms with E-state index in [0.717, 1.165) is 30.6 Å². The van der Waals surface area contributed by atoms with Crippen LogP contribution >= 0.6 is 0 Å². The van der Waals surface area contributed by atoms with Gasteiger partial charge >= 0.3 is 5.69 Å². The molecule has 0 saturated heterocycles. The fourth-order valence-electron chi connectivity index (χ4n) is 4.31. The minimum absolute atomic E-state index is 0.107. The third-order valence-electron chi connectivity index (χ3n) is 6.04. The van der Waals surface area contributed by atoms with E-state index in [0.29, 0.717) is 30.8 Å². The largest absolute Gasteiger partial charge is 0.346 e. The number of aromatic nitrogens is 5. The van der Waals surface area contributed by atoms with Gasteiger partial charge in [-0.25, -0.2) is 13.9 Å². The topological polar surface area (TPSA) is 78.0 Å². The second-order valence-electron chi connectivity index (χ2n) is 8.41. The first-order chi connectivity index (χ1) is 15.4. The molecule has 170 valence electrons. The van der Waals surface area contributed by atoms with Gasteiger partial charge in [-0.05, 0) is 44.4 Å². The number of nitrogens with zero attached hydrogens (tertiary/aromatic N) is 6. The molecule has 8 nitrogen and oxygen atoms in total. The smallest absolute Gasteiger partial charge is 0.339 e. The molecule has 3 aromatic rings. The SMILES string of the molecule is CCn1cc(CN(C)C(=O)C2CCCCc3nn(Cc4cccc(F)c4)c(=O)n32)c(C)n1. The molecule has 1 atom stereocenters. The van der Waals surface area contributed by atoms with Gasteiger partial charge in [0.05, 0.1) is 12.2 Å². The Kier molecular flexibility index (Phi) is 6.25. The molecule has 0 bridgehead atoms. The average Bonchev–Trinajstić information content (AvgIpc) is 3.18. The molecule has 4 rings (SSSR count). The van der Waals surface area contributed by atoms with Gasteiger partial charge in [0.1, 0.15) is 17.7 Å². The van der Waals surface area contributed by atoms with Crippen LogP contribution < -0.4 is 5.69 Å². The molecule has 0 fully saturated rings. The molecule has 2 aromatic heterocycles. The number of amides is 1. The summed E-state index contributed by atoms with van der Waals surface area (Å²) in [6, 6.07) is 5.54. The van der Waals surface area contributed by atoms with Gasteiger partial charge in [0.25, 0.3) is 0 Å². The third-order valence-corrected chi connectivity index (χ3v) is 6.04. The van der Waals surface area contributed by atoms with Gasteiger partial charge in [0.15, 0.2) is 0 Å². The molecule has 1 amide bonds. The second kappa shape index (κ2) is 9.10. The van der Waals surface area contributed by atoms with Crippen LogP contribution in [0.3, 0.4) is 0 Å². The van der Waals surface area contributed by atoms with Gasteiger partial charge < -0.3 is 4.90 Å². The van der Waals surface area contributed by atoms with E-state index in [4.69, 9.17) is 0 Å². The quantitative estimate of drug-likeness (QED) is 0.591. The van der Waals surface area contributed by atoms with Crippen molar-refractivity contribution in [2.75, 3.05) is 7.05 Å². The number of aryl methyl sites for hydroxylation is 3. The number of hydrogen-bond acceptors (Lipinski definition) is 4. The maximum absolute atomic E-state index is 13.6. The van der Waals surface area contributed by atoms with Gasteiger partial charge in [0, 0.05) is 38.3 Å². The molecule has 0 radical (unpaired) electrons. The van der Waals surface area contributed by atoms with Gasteiger partial charge in [0.2, 0.25) is 5.91 Å². The minimum Gasteiger partial charge on any atom is -0.339 e. The van der Waals surface area contributed by atoms with Crippen molar-refractivity contribution >= 4 is 5.91 Å². The van der Waals surface area contributed by atoms with Crippen molar-refractivity contribution in [1.82, 2.24) is 29.0 Å². The number of halogens is 1. The molecule has 0 saturated carbocycles. The Morgan fingerprint density at radius 1 is 1.28 bits per heavy atom. The number of hydrogen-bond donors (Lipinski definition) is 0. The molecule has 3 heterocycles. The molecule has 1 aromatic carbocycles. The molecule has 9 heteroatoms. The highest BCUT2D eigenvalue weighted by Gasteiger charge is 2.31. The van der Waals surface area contributed by atoms with E-state index < -0.39 is 6.04 Å². The lowest BCUT2D eigenvalue weighted by molar-refractivity contribution is -0.134. The lowest BCUT2D eigenvalue weighted by Crippen LogP contribution is -2.39. The Bertz CT molecular complexity index is 1180. The van der Waals surface area contributed by atoms with E-state index in [1.54, 1.807) is 28.6 Å². The first-order valence-electron chi connectivity index (χ1n) is 11.1. The molecule has 32 heavy (non-hydrogen) atoms. The summed E-state index contributed by atoms with van der Waals surface area (Å²) >= 11 is 0. The summed E-state index contributed by atoms with van der Waals surface area (Å²) in [5, 5.41) is 8.95. The van der Waals surface area contributed by atoms with Crippen molar-refractivity contribution in [1.29, 1.82) is 0 Å². The molecular formula is C23H29FN6O2. The first kappa shape index (κ1) is 22.0. The van der Waals surface area contributed by atoms with Crippen molar-refractivity contribution in [2.24, 2.45) is 0 Å². The number of fused-ring (bicyclic) bond motifs is 1. The minimum atomic E-state index is -0.590. The zero-order valence-corrected chi connectivity index (χ0v) is 18.8. The maximum Gasteiger partial charge on any atom is 0.346 e. The lowest BCUT2D eigenvalue weighted by Gasteiger charge is -2.23. The Hall–Kier alpha value is -3.23. The molecule has 1 unspecified atom stereocenters. The molecule has 0 aliphatic carbocycles. The van der Waals surface area contributed by atoms with Crippen LogP contribution in [-0.2, 0) is 30.8 Å². The van der Waals surface area contributed by atoms with Gasteiger partial charge in [-0.15, -0.1) is 0 Å². The Morgan fingerprint density at radius 3 is 2.81 bits per heavy atom. The lowest BCUT2D eigenvalue weighted by atomic mass is 10.1. The summed E-state index contributed by atoms with van der Waals surface area (Å²) in [4.78, 5) is 28.3. The zero-order valence-electron chi connectivity index (χ0n) is 18.8. The Labute approximate surface area is 186 Å². The normalized spacial score (nSPS) is 15.9. The van der Waals surface area contributed by atoms with Crippen molar-refractivity contribution in [3.63, 3.8) is 0 Å². The van der Waals surface area contributed by atoms with E-state index >= 15 is 0 Å². The number of rotatable bonds is 6. The first-order valence-corrected chi connectivity index (χ1v) is 11.1. The van der Waals surface area contributed by atoms with Gasteiger partial charge in [-0.1, -0.05) is 18.6 Å². The summed E-state index contributed by atoms with van der Waals surface area (Å²) in [5.41, 5.74) is 2.22. The fraction of sp³-hybridized carbons (Fsp3) is 0.478. The van der Waals surface area contributed by atoms with Crippen LogP contribution in [0, 0.1) is 12.7 Å². The predicted molar refractivity (Wildman–Crippen MR) is 118 cm³/mol. The molecule has 1 aliphatic heterocycles. The van der Waals surface area contributed by atoms with Crippen LogP contribution in [-0.4, -0.2) is 42.0 Å². The molecule has 1 aliphatic rings. The van der Waals surface area contributed by atoms with Gasteiger partial charge in [-0.2, -0.15) is 10.2 Å². The number of carbonyl (C=O) groups excluding carboxylic acids is 1. The van der Waals surface area contributed by atoms with Crippen LogP contribution in [0.5, 0.6) is 0 Å². The maximum atomic E-state index is 13.6. The van der Waals surface area contributed by atoms with Crippen molar-refractivity contribution in [2.45, 2.75) is 65.2 Å². The van der Waals surface area contributed by atoms with Gasteiger partial charge in [-0.3, -0.25) is 14.0 Å². The summed E-state index contributed by atoms with van der Waals surface area (Å²) in [7, 11) is 1.76. The molecule has 0 N–H and O–H groups in total. The van der Waals surface area contributed by atoms with E-state index in [2.05, 4.69) is 10.2 Å². The number of likely N-dealkylation sites (N-methyl/N-ethyl adjacent to an activating group) is 1. The highest BCUT2D eigenvalue weighted by molar-refractivity contribution is 5.80. The average molecular weight is 441 g/mol. The van der Waals surface area contributed by atoms with E-state index in [-0.39, 0.29) is 24.0 Å². The highest BCUT2D eigenvalue weighted by Crippen LogP contribution is 2.24. The Morgan fingerprint density at radius 2 is 2.09 bits per heavy atom. The zero-order chi connectivity index (χ0) is 22.8. The van der Waals surface area contributed by atoms with Crippen LogP contribution in [0.15, 0.2) is 35.3 Å². The van der Waals surface area contributed by atoms with Crippen molar-refractivity contribution in [3.05, 3.63) is 69.4 Å². The van der Waals surface area contributed by atoms with Crippen LogP contribution in [0.25, 0.3) is 0 Å². The monoisotopic (exact) mass is 440 g/mol. The summed E-state index contributed by atoms with van der Waals surface area (Å²) in [6.07, 6.45) is 4.91. The highest BCUT2D eigenvalue weighted by atomic mass is 19.1. The summed E-state index contributed by atoms with van der Waals surface area (Å²) in [6.45, 7) is 5.33. The summed E-state index contributed by atoms with van der Waals surface area (Å²) in [5.74, 6) is 0.155. The second-order valence-corrected chi connectivity index (χ2v) is 8.41. The van der Waals surface area contributed by atoms with E-state index in [1.165, 1.54) is 16.8 Å². The fourth-order valence-corrected chi connectivity index (χ4v) is 4.31. The molecule has 0 spiro atoms. The van der Waals surface area contributed by atoms with E-state index in [1.807, 2.05) is 24.7 Å². The van der Waals surface area contributed by atoms with Crippen molar-refractivity contribution < 1.29 is 9.18 Å². The predicted octanol–water partition coefficient (Wildman–Crippen LogP) is 2.68. The van der Waals surface area contributed by atoms with Crippen LogP contribution in [0.4, 0.5) is 4.39 Å². The summed E-state index contributed by atoms with van der Waals surface area (Å²) < 4.78 is 18.3.